The Kier molecular flexibility index (Phi) is 9.92. The predicted molar refractivity (Wildman–Crippen MR) is 222 cm³/mol. The summed E-state index contributed by atoms with van der Waals surface area (Å²) in [5.74, 6) is 0. The first-order valence-corrected chi connectivity index (χ1v) is 19.2. The van der Waals surface area contributed by atoms with Crippen LogP contribution in [0.3, 0.4) is 0 Å². The van der Waals surface area contributed by atoms with Crippen molar-refractivity contribution in [1.29, 1.82) is 0 Å². The predicted octanol–water partition coefficient (Wildman–Crippen LogP) is 11.8. The van der Waals surface area contributed by atoms with Gasteiger partial charge in [0.2, 0.25) is 0 Å². The summed E-state index contributed by atoms with van der Waals surface area (Å²) in [6.07, 6.45) is 0. The van der Waals surface area contributed by atoms with Crippen molar-refractivity contribution in [2.75, 3.05) is 14.7 Å². The molecule has 0 saturated carbocycles. The summed E-state index contributed by atoms with van der Waals surface area (Å²) in [5.41, 5.74) is 9.88. The number of hydrogen-bond acceptors (Lipinski definition) is 3. The summed E-state index contributed by atoms with van der Waals surface area (Å²) in [6.45, 7) is 0. The van der Waals surface area contributed by atoms with Crippen molar-refractivity contribution in [2.24, 2.45) is 0 Å². The van der Waals surface area contributed by atoms with E-state index >= 15 is 0 Å². The molecule has 8 aromatic carbocycles. The second-order valence-corrected chi connectivity index (χ2v) is 14.7. The molecule has 8 aromatic rings. The van der Waals surface area contributed by atoms with Gasteiger partial charge in [-0.15, -0.1) is 0 Å². The van der Waals surface area contributed by atoms with Gasteiger partial charge in [-0.1, -0.05) is 60.7 Å². The topological polar surface area (TPSA) is 9.72 Å². The zero-order valence-electron chi connectivity index (χ0n) is 28.6. The second kappa shape index (κ2) is 15.7. The van der Waals surface area contributed by atoms with E-state index in [9.17, 15) is 0 Å². The fourth-order valence-electron chi connectivity index (χ4n) is 6.46. The quantitative estimate of drug-likeness (QED) is 0.123. The van der Waals surface area contributed by atoms with Crippen LogP contribution in [0.25, 0.3) is 0 Å². The Balaban J connectivity index is 1.16. The molecule has 0 unspecified atom stereocenters. The molecular formula is C48H37N3Se. The number of nitrogens with zero attached hydrogens (tertiary/aromatic N) is 3. The molecule has 8 rings (SSSR count). The third kappa shape index (κ3) is 7.40. The summed E-state index contributed by atoms with van der Waals surface area (Å²) >= 11 is 0.260. The van der Waals surface area contributed by atoms with Gasteiger partial charge in [0.25, 0.3) is 0 Å². The third-order valence-electron chi connectivity index (χ3n) is 8.84. The van der Waals surface area contributed by atoms with E-state index < -0.39 is 0 Å². The Morgan fingerprint density at radius 3 is 0.827 bits per heavy atom. The summed E-state index contributed by atoms with van der Waals surface area (Å²) in [7, 11) is 0. The second-order valence-electron chi connectivity index (χ2n) is 12.3. The molecule has 0 aliphatic carbocycles. The third-order valence-corrected chi connectivity index (χ3v) is 11.0. The molecule has 0 amide bonds. The van der Waals surface area contributed by atoms with Crippen molar-refractivity contribution in [3.05, 3.63) is 224 Å². The zero-order chi connectivity index (χ0) is 35.0. The Hall–Kier alpha value is -6.32. The number of anilines is 9. The molecule has 0 aliphatic heterocycles. The molecule has 0 spiro atoms. The van der Waals surface area contributed by atoms with Crippen molar-refractivity contribution in [1.82, 2.24) is 0 Å². The molecule has 0 heterocycles. The summed E-state index contributed by atoms with van der Waals surface area (Å²) in [5, 5.41) is 0. The maximum absolute atomic E-state index is 2.33. The molecular weight excluding hydrogens is 698 g/mol. The SMILES string of the molecule is c1ccc([Se]c2ccc(N(c3ccccc3)c3ccc(N(c4ccccc4)c4cccc(N(c5ccccc5)c5ccccc5)c4)cc3)cc2)cc1. The van der Waals surface area contributed by atoms with E-state index in [2.05, 4.69) is 239 Å². The van der Waals surface area contributed by atoms with Crippen molar-refractivity contribution >= 4 is 75.1 Å². The van der Waals surface area contributed by atoms with Gasteiger partial charge in [-0.25, -0.2) is 0 Å². The van der Waals surface area contributed by atoms with Crippen LogP contribution in [0.15, 0.2) is 224 Å². The zero-order valence-corrected chi connectivity index (χ0v) is 30.3. The van der Waals surface area contributed by atoms with Crippen LogP contribution in [0, 0.1) is 0 Å². The number of para-hydroxylation sites is 4. The Morgan fingerprint density at radius 2 is 0.462 bits per heavy atom. The molecule has 0 radical (unpaired) electrons. The van der Waals surface area contributed by atoms with Gasteiger partial charge in [0, 0.05) is 17.1 Å². The average molecular weight is 735 g/mol. The first-order valence-electron chi connectivity index (χ1n) is 17.4. The van der Waals surface area contributed by atoms with Crippen LogP contribution in [0.1, 0.15) is 0 Å². The van der Waals surface area contributed by atoms with Crippen LogP contribution in [-0.4, -0.2) is 15.0 Å². The number of rotatable bonds is 11. The fraction of sp³-hybridized carbons (Fsp3) is 0. The van der Waals surface area contributed by atoms with E-state index in [1.807, 2.05) is 0 Å². The van der Waals surface area contributed by atoms with Crippen LogP contribution in [-0.2, 0) is 0 Å². The van der Waals surface area contributed by atoms with Crippen LogP contribution in [0.4, 0.5) is 51.2 Å². The van der Waals surface area contributed by atoms with E-state index in [1.54, 1.807) is 0 Å². The maximum atomic E-state index is 2.33. The molecule has 0 bridgehead atoms. The van der Waals surface area contributed by atoms with E-state index in [1.165, 1.54) is 8.92 Å². The van der Waals surface area contributed by atoms with Crippen molar-refractivity contribution < 1.29 is 0 Å². The summed E-state index contributed by atoms with van der Waals surface area (Å²) in [6, 6.07) is 79.8. The molecule has 0 aliphatic rings. The van der Waals surface area contributed by atoms with Crippen molar-refractivity contribution in [3.63, 3.8) is 0 Å². The van der Waals surface area contributed by atoms with Gasteiger partial charge >= 0.3 is 201 Å². The van der Waals surface area contributed by atoms with Gasteiger partial charge in [-0.2, -0.15) is 0 Å². The molecule has 0 fully saturated rings. The summed E-state index contributed by atoms with van der Waals surface area (Å²) in [4.78, 5) is 6.96. The van der Waals surface area contributed by atoms with E-state index in [0.29, 0.717) is 0 Å². The monoisotopic (exact) mass is 735 g/mol. The fourth-order valence-corrected chi connectivity index (χ4v) is 8.22. The van der Waals surface area contributed by atoms with Gasteiger partial charge in [0.1, 0.15) is 0 Å². The Morgan fingerprint density at radius 1 is 0.212 bits per heavy atom. The van der Waals surface area contributed by atoms with Gasteiger partial charge in [0.15, 0.2) is 0 Å². The van der Waals surface area contributed by atoms with Gasteiger partial charge in [0.05, 0.1) is 0 Å². The van der Waals surface area contributed by atoms with Crippen LogP contribution >= 0.6 is 0 Å². The molecule has 52 heavy (non-hydrogen) atoms. The molecule has 0 aromatic heterocycles. The first kappa shape index (κ1) is 32.9. The van der Waals surface area contributed by atoms with E-state index in [0.717, 1.165) is 51.2 Å². The molecule has 3 nitrogen and oxygen atoms in total. The van der Waals surface area contributed by atoms with Crippen LogP contribution in [0.2, 0.25) is 0 Å². The molecule has 0 atom stereocenters. The number of hydrogen-bond donors (Lipinski definition) is 0. The first-order chi connectivity index (χ1) is 25.8. The van der Waals surface area contributed by atoms with Crippen molar-refractivity contribution in [2.45, 2.75) is 0 Å². The average Bonchev–Trinajstić information content (AvgIpc) is 3.22. The molecule has 250 valence electrons. The molecule has 0 saturated heterocycles. The van der Waals surface area contributed by atoms with Gasteiger partial charge in [-0.05, 0) is 30.3 Å². The molecule has 0 N–H and O–H groups in total. The van der Waals surface area contributed by atoms with Crippen molar-refractivity contribution in [3.8, 4) is 0 Å². The Labute approximate surface area is 312 Å². The molecule has 4 heteroatoms. The van der Waals surface area contributed by atoms with E-state index in [-0.39, 0.29) is 15.0 Å². The van der Waals surface area contributed by atoms with E-state index in [4.69, 9.17) is 0 Å². The number of benzene rings is 8. The standard InChI is InChI=1S/C48H37N3Se/c1-6-17-38(18-7-1)49(44-33-35-48(36-34-44)52-47-27-14-5-15-28-47)42-29-31-43(32-30-42)51(41-23-12-4-13-24-41)46-26-16-25-45(37-46)50(39-19-8-2-9-20-39)40-21-10-3-11-22-40/h1-37H. The van der Waals surface area contributed by atoms with Gasteiger partial charge in [-0.3, -0.25) is 0 Å². The normalized spacial score (nSPS) is 10.8. The van der Waals surface area contributed by atoms with Gasteiger partial charge < -0.3 is 4.90 Å². The Bertz CT molecular complexity index is 2260. The summed E-state index contributed by atoms with van der Waals surface area (Å²) < 4.78 is 2.73. The van der Waals surface area contributed by atoms with Crippen LogP contribution < -0.4 is 23.6 Å². The minimum atomic E-state index is 0.260. The minimum absolute atomic E-state index is 0.260. The van der Waals surface area contributed by atoms with Crippen LogP contribution in [0.5, 0.6) is 0 Å².